The zero-order chi connectivity index (χ0) is 16.2. The van der Waals surface area contributed by atoms with Crippen molar-refractivity contribution in [3.63, 3.8) is 0 Å². The second-order valence-electron chi connectivity index (χ2n) is 4.97. The minimum atomic E-state index is -2.02. The zero-order valence-electron chi connectivity index (χ0n) is 12.0. The summed E-state index contributed by atoms with van der Waals surface area (Å²) in [4.78, 5) is 22.6. The molecule has 0 saturated heterocycles. The number of carbonyl (C=O) groups is 2. The Morgan fingerprint density at radius 2 is 2.10 bits per heavy atom. The van der Waals surface area contributed by atoms with Crippen LogP contribution in [0.5, 0.6) is 5.75 Å². The van der Waals surface area contributed by atoms with Gasteiger partial charge in [0.05, 0.1) is 6.54 Å². The van der Waals surface area contributed by atoms with Gasteiger partial charge in [0.25, 0.3) is 5.91 Å². The van der Waals surface area contributed by atoms with Crippen molar-refractivity contribution in [1.29, 1.82) is 0 Å². The fraction of sp³-hybridized carbons (Fsp3) is 0.429. The molecule has 0 fully saturated rings. The van der Waals surface area contributed by atoms with Crippen LogP contribution >= 0.6 is 11.6 Å². The van der Waals surface area contributed by atoms with E-state index in [2.05, 4.69) is 5.32 Å². The molecule has 0 saturated carbocycles. The average molecular weight is 316 g/mol. The highest BCUT2D eigenvalue weighted by Crippen LogP contribution is 2.22. The van der Waals surface area contributed by atoms with Crippen LogP contribution in [0.25, 0.3) is 0 Å². The summed E-state index contributed by atoms with van der Waals surface area (Å²) < 4.78 is 5.49. The number of aliphatic carboxylic acids is 1. The summed E-state index contributed by atoms with van der Waals surface area (Å²) in [6.45, 7) is 4.01. The molecule has 0 aliphatic rings. The van der Waals surface area contributed by atoms with E-state index < -0.39 is 30.1 Å². The molecule has 2 unspecified atom stereocenters. The monoisotopic (exact) mass is 315 g/mol. The zero-order valence-corrected chi connectivity index (χ0v) is 12.8. The van der Waals surface area contributed by atoms with E-state index >= 15 is 0 Å². The maximum absolute atomic E-state index is 11.8. The number of nitrogens with one attached hydrogen (secondary N) is 1. The van der Waals surface area contributed by atoms with E-state index in [-0.39, 0.29) is 0 Å². The Labute approximate surface area is 127 Å². The number of ether oxygens (including phenoxy) is 1. The van der Waals surface area contributed by atoms with Crippen molar-refractivity contribution in [2.24, 2.45) is 0 Å². The number of benzene rings is 1. The SMILES string of the molecule is Cc1cc(Cl)ccc1OC(C)C(=O)NCC(C)(O)C(=O)O. The van der Waals surface area contributed by atoms with Gasteiger partial charge in [-0.25, -0.2) is 4.79 Å². The second-order valence-corrected chi connectivity index (χ2v) is 5.40. The summed E-state index contributed by atoms with van der Waals surface area (Å²) in [6, 6.07) is 5.00. The first-order valence-electron chi connectivity index (χ1n) is 6.30. The number of halogens is 1. The molecule has 0 aliphatic heterocycles. The van der Waals surface area contributed by atoms with Crippen molar-refractivity contribution in [2.75, 3.05) is 6.54 Å². The van der Waals surface area contributed by atoms with Gasteiger partial charge in [0, 0.05) is 5.02 Å². The van der Waals surface area contributed by atoms with Gasteiger partial charge >= 0.3 is 5.97 Å². The van der Waals surface area contributed by atoms with E-state index in [0.717, 1.165) is 12.5 Å². The number of hydrogen-bond donors (Lipinski definition) is 3. The van der Waals surface area contributed by atoms with E-state index in [1.165, 1.54) is 6.92 Å². The van der Waals surface area contributed by atoms with Gasteiger partial charge < -0.3 is 20.3 Å². The number of amides is 1. The highest BCUT2D eigenvalue weighted by Gasteiger charge is 2.31. The van der Waals surface area contributed by atoms with Crippen LogP contribution in [0.3, 0.4) is 0 Å². The highest BCUT2D eigenvalue weighted by atomic mass is 35.5. The maximum Gasteiger partial charge on any atom is 0.337 e. The number of hydrogen-bond acceptors (Lipinski definition) is 4. The summed E-state index contributed by atoms with van der Waals surface area (Å²) in [5.41, 5.74) is -1.24. The average Bonchev–Trinajstić information content (AvgIpc) is 2.39. The van der Waals surface area contributed by atoms with Crippen molar-refractivity contribution in [1.82, 2.24) is 5.32 Å². The summed E-state index contributed by atoms with van der Waals surface area (Å²) in [7, 11) is 0. The van der Waals surface area contributed by atoms with Gasteiger partial charge in [0.1, 0.15) is 5.75 Å². The number of aryl methyl sites for hydroxylation is 1. The third kappa shape index (κ3) is 4.91. The Morgan fingerprint density at radius 3 is 2.62 bits per heavy atom. The van der Waals surface area contributed by atoms with Gasteiger partial charge in [-0.2, -0.15) is 0 Å². The third-order valence-corrected chi connectivity index (χ3v) is 3.11. The van der Waals surface area contributed by atoms with Crippen LogP contribution < -0.4 is 10.1 Å². The number of carboxylic acid groups (broad SMARTS) is 1. The van der Waals surface area contributed by atoms with Gasteiger partial charge in [0.15, 0.2) is 11.7 Å². The van der Waals surface area contributed by atoms with Gasteiger partial charge in [-0.1, -0.05) is 11.6 Å². The quantitative estimate of drug-likeness (QED) is 0.737. The predicted octanol–water partition coefficient (Wildman–Crippen LogP) is 1.37. The molecule has 1 aromatic carbocycles. The number of carboxylic acids is 1. The number of carbonyl (C=O) groups excluding carboxylic acids is 1. The molecule has 6 nitrogen and oxygen atoms in total. The lowest BCUT2D eigenvalue weighted by molar-refractivity contribution is -0.156. The lowest BCUT2D eigenvalue weighted by Crippen LogP contribution is -2.49. The highest BCUT2D eigenvalue weighted by molar-refractivity contribution is 6.30. The lowest BCUT2D eigenvalue weighted by atomic mass is 10.1. The molecule has 0 aliphatic carbocycles. The van der Waals surface area contributed by atoms with Crippen molar-refractivity contribution in [3.05, 3.63) is 28.8 Å². The fourth-order valence-corrected chi connectivity index (χ4v) is 1.69. The smallest absolute Gasteiger partial charge is 0.337 e. The van der Waals surface area contributed by atoms with Crippen molar-refractivity contribution < 1.29 is 24.5 Å². The van der Waals surface area contributed by atoms with Gasteiger partial charge in [0.2, 0.25) is 0 Å². The van der Waals surface area contributed by atoms with Gasteiger partial charge in [-0.05, 0) is 44.5 Å². The first-order valence-corrected chi connectivity index (χ1v) is 6.67. The maximum atomic E-state index is 11.8. The Hall–Kier alpha value is -1.79. The molecule has 2 atom stereocenters. The second kappa shape index (κ2) is 6.78. The summed E-state index contributed by atoms with van der Waals surface area (Å²) in [5, 5.41) is 21.2. The molecular weight excluding hydrogens is 298 g/mol. The molecule has 0 bridgehead atoms. The topological polar surface area (TPSA) is 95.9 Å². The summed E-state index contributed by atoms with van der Waals surface area (Å²) >= 11 is 5.83. The van der Waals surface area contributed by atoms with E-state index in [1.54, 1.807) is 25.1 Å². The Kier molecular flexibility index (Phi) is 5.57. The normalized spacial score (nSPS) is 14.9. The molecule has 1 aromatic rings. The summed E-state index contributed by atoms with van der Waals surface area (Å²) in [6.07, 6.45) is -0.838. The molecule has 7 heteroatoms. The summed E-state index contributed by atoms with van der Waals surface area (Å²) in [5.74, 6) is -1.43. The minimum Gasteiger partial charge on any atom is -0.481 e. The van der Waals surface area contributed by atoms with E-state index in [0.29, 0.717) is 10.8 Å². The van der Waals surface area contributed by atoms with Crippen LogP contribution in [-0.4, -0.2) is 40.3 Å². The van der Waals surface area contributed by atoms with Crippen molar-refractivity contribution in [2.45, 2.75) is 32.5 Å². The van der Waals surface area contributed by atoms with Crippen LogP contribution in [0.4, 0.5) is 0 Å². The Balaban J connectivity index is 2.61. The molecule has 0 radical (unpaired) electrons. The minimum absolute atomic E-state index is 0.408. The molecule has 21 heavy (non-hydrogen) atoms. The van der Waals surface area contributed by atoms with Crippen LogP contribution in [0.1, 0.15) is 19.4 Å². The molecule has 1 amide bonds. The van der Waals surface area contributed by atoms with Crippen LogP contribution in [0, 0.1) is 6.92 Å². The molecule has 3 N–H and O–H groups in total. The Bertz CT molecular complexity index is 544. The first kappa shape index (κ1) is 17.3. The van der Waals surface area contributed by atoms with Crippen molar-refractivity contribution >= 4 is 23.5 Å². The van der Waals surface area contributed by atoms with Crippen LogP contribution in [-0.2, 0) is 9.59 Å². The largest absolute Gasteiger partial charge is 0.481 e. The van der Waals surface area contributed by atoms with E-state index in [9.17, 15) is 14.7 Å². The lowest BCUT2D eigenvalue weighted by Gasteiger charge is -2.21. The van der Waals surface area contributed by atoms with Crippen LogP contribution in [0.15, 0.2) is 18.2 Å². The van der Waals surface area contributed by atoms with Gasteiger partial charge in [-0.15, -0.1) is 0 Å². The molecule has 1 rings (SSSR count). The van der Waals surface area contributed by atoms with Crippen molar-refractivity contribution in [3.8, 4) is 5.75 Å². The first-order chi connectivity index (χ1) is 9.63. The third-order valence-electron chi connectivity index (χ3n) is 2.88. The number of aliphatic hydroxyl groups is 1. The standard InChI is InChI=1S/C14H18ClNO5/c1-8-6-10(15)4-5-11(8)21-9(2)12(17)16-7-14(3,20)13(18)19/h4-6,9,20H,7H2,1-3H3,(H,16,17)(H,18,19). The molecule has 0 heterocycles. The molecular formula is C14H18ClNO5. The fourth-order valence-electron chi connectivity index (χ4n) is 1.47. The Morgan fingerprint density at radius 1 is 1.48 bits per heavy atom. The molecule has 0 aromatic heterocycles. The molecule has 0 spiro atoms. The number of rotatable bonds is 6. The van der Waals surface area contributed by atoms with Crippen LogP contribution in [0.2, 0.25) is 5.02 Å². The molecule has 116 valence electrons. The van der Waals surface area contributed by atoms with Gasteiger partial charge in [-0.3, -0.25) is 4.79 Å². The van der Waals surface area contributed by atoms with E-state index in [1.807, 2.05) is 0 Å². The predicted molar refractivity (Wildman–Crippen MR) is 77.5 cm³/mol. The van der Waals surface area contributed by atoms with E-state index in [4.69, 9.17) is 21.4 Å².